The van der Waals surface area contributed by atoms with Gasteiger partial charge in [0.2, 0.25) is 5.56 Å². The van der Waals surface area contributed by atoms with E-state index in [0.717, 1.165) is 75.4 Å². The van der Waals surface area contributed by atoms with Crippen molar-refractivity contribution in [1.29, 1.82) is 0 Å². The van der Waals surface area contributed by atoms with Gasteiger partial charge in [0, 0.05) is 41.9 Å². The van der Waals surface area contributed by atoms with Crippen molar-refractivity contribution in [1.82, 2.24) is 10.3 Å². The van der Waals surface area contributed by atoms with E-state index in [1.165, 1.54) is 34.4 Å². The highest BCUT2D eigenvalue weighted by molar-refractivity contribution is 5.87. The normalized spacial score (nSPS) is 20.2. The molecule has 2 fully saturated rings. The van der Waals surface area contributed by atoms with Gasteiger partial charge in [0.05, 0.1) is 26.7 Å². The summed E-state index contributed by atoms with van der Waals surface area (Å²) in [4.78, 5) is 27.1. The van der Waals surface area contributed by atoms with Crippen LogP contribution in [0.4, 0.5) is 0 Å². The van der Waals surface area contributed by atoms with Gasteiger partial charge < -0.3 is 34.8 Å². The molecule has 3 aliphatic rings. The first-order chi connectivity index (χ1) is 24.9. The third-order valence-corrected chi connectivity index (χ3v) is 11.6. The number of benzene rings is 3. The molecular weight excluding hydrogens is 654 g/mol. The summed E-state index contributed by atoms with van der Waals surface area (Å²) in [5.41, 5.74) is 5.44. The quantitative estimate of drug-likeness (QED) is 0.135. The van der Waals surface area contributed by atoms with Crippen molar-refractivity contribution in [3.05, 3.63) is 110 Å². The minimum atomic E-state index is -1.50. The molecule has 4 aromatic rings. The monoisotopic (exact) mass is 709 g/mol. The molecule has 3 aromatic carbocycles. The van der Waals surface area contributed by atoms with Crippen molar-refractivity contribution in [3.63, 3.8) is 0 Å². The number of nitrogens with zero attached hydrogens (tertiary/aromatic N) is 1. The van der Waals surface area contributed by atoms with Gasteiger partial charge in [-0.15, -0.1) is 0 Å². The van der Waals surface area contributed by atoms with Crippen molar-refractivity contribution >= 4 is 16.9 Å². The number of hydrogen-bond acceptors (Lipinski definition) is 7. The Hall–Kier alpha value is -4.02. The van der Waals surface area contributed by atoms with Crippen molar-refractivity contribution < 1.29 is 29.3 Å². The number of carbonyl (C=O) groups is 1. The van der Waals surface area contributed by atoms with Crippen molar-refractivity contribution in [3.8, 4) is 5.75 Å². The topological polar surface area (TPSA) is 135 Å². The summed E-state index contributed by atoms with van der Waals surface area (Å²) >= 11 is 0. The van der Waals surface area contributed by atoms with Crippen LogP contribution in [0.1, 0.15) is 85.4 Å². The molecule has 0 amide bonds. The van der Waals surface area contributed by atoms with Crippen molar-refractivity contribution in [2.75, 3.05) is 33.7 Å². The number of hydrogen-bond donors (Lipinski definition) is 4. The van der Waals surface area contributed by atoms with Crippen LogP contribution in [0, 0.1) is 5.92 Å². The lowest BCUT2D eigenvalue weighted by atomic mass is 9.80. The van der Waals surface area contributed by atoms with E-state index in [4.69, 9.17) is 4.74 Å². The first kappa shape index (κ1) is 37.7. The zero-order valence-electron chi connectivity index (χ0n) is 31.1. The molecule has 9 nitrogen and oxygen atoms in total. The fourth-order valence-corrected chi connectivity index (χ4v) is 8.62. The Bertz CT molecular complexity index is 1880. The number of aliphatic hydroxyl groups excluding tert-OH is 1. The van der Waals surface area contributed by atoms with E-state index in [9.17, 15) is 24.9 Å². The highest BCUT2D eigenvalue weighted by Crippen LogP contribution is 2.42. The number of pyridine rings is 1. The third kappa shape index (κ3) is 8.13. The number of carbonyl (C=O) groups excluding carboxylic acids is 1. The highest BCUT2D eigenvalue weighted by Gasteiger charge is 2.49. The van der Waals surface area contributed by atoms with E-state index >= 15 is 0 Å². The number of aromatic nitrogens is 1. The number of fused-ring (bicyclic) bond motifs is 2. The molecule has 0 bridgehead atoms. The summed E-state index contributed by atoms with van der Waals surface area (Å²) in [5.74, 6) is -0.741. The molecule has 7 rings (SSSR count). The Kier molecular flexibility index (Phi) is 11.6. The molecule has 1 aromatic heterocycles. The maximum absolute atomic E-state index is 12.9. The molecule has 3 unspecified atom stereocenters. The third-order valence-electron chi connectivity index (χ3n) is 11.6. The van der Waals surface area contributed by atoms with Gasteiger partial charge in [-0.25, -0.2) is 4.79 Å². The number of aliphatic hydroxyl groups is 2. The fraction of sp³-hybridized carbons (Fsp3) is 0.488. The van der Waals surface area contributed by atoms with Gasteiger partial charge in [0.1, 0.15) is 6.54 Å². The number of rotatable bonds is 10. The number of H-pyrrole nitrogens is 1. The number of likely N-dealkylation sites (N-methyl/N-ethyl adjacent to an activating group) is 1. The van der Waals surface area contributed by atoms with Crippen molar-refractivity contribution in [2.24, 2.45) is 5.92 Å². The number of ether oxygens (including phenoxy) is 1. The highest BCUT2D eigenvalue weighted by atomic mass is 16.6. The zero-order valence-corrected chi connectivity index (χ0v) is 31.1. The number of nitrogens with one attached hydrogen (secondary N) is 2. The van der Waals surface area contributed by atoms with Crippen LogP contribution in [0.3, 0.4) is 0 Å². The van der Waals surface area contributed by atoms with Gasteiger partial charge in [-0.05, 0) is 78.0 Å². The predicted molar refractivity (Wildman–Crippen MR) is 202 cm³/mol. The van der Waals surface area contributed by atoms with Crippen LogP contribution in [0.25, 0.3) is 10.9 Å². The average molecular weight is 710 g/mol. The van der Waals surface area contributed by atoms with Crippen LogP contribution >= 0.6 is 0 Å². The second-order valence-corrected chi connectivity index (χ2v) is 15.7. The fourth-order valence-electron chi connectivity index (χ4n) is 8.62. The number of quaternary nitrogens is 1. The van der Waals surface area contributed by atoms with Crippen LogP contribution in [-0.2, 0) is 40.8 Å². The van der Waals surface area contributed by atoms with Crippen LogP contribution < -0.4 is 16.0 Å². The molecule has 2 heterocycles. The van der Waals surface area contributed by atoms with E-state index in [-0.39, 0.29) is 28.8 Å². The lowest BCUT2D eigenvalue weighted by Crippen LogP contribution is -2.46. The van der Waals surface area contributed by atoms with Gasteiger partial charge in [-0.3, -0.25) is 4.79 Å². The average Bonchev–Trinajstić information content (AvgIpc) is 3.90. The maximum Gasteiger partial charge on any atom is 0.343 e. The van der Waals surface area contributed by atoms with Gasteiger partial charge >= 0.3 is 5.97 Å². The second kappa shape index (κ2) is 15.9. The summed E-state index contributed by atoms with van der Waals surface area (Å²) in [7, 11) is 4.29. The Balaban J connectivity index is 0.000000183. The van der Waals surface area contributed by atoms with Crippen LogP contribution in [0.15, 0.2) is 71.5 Å². The van der Waals surface area contributed by atoms with Gasteiger partial charge in [-0.1, -0.05) is 87.0 Å². The molecule has 3 atom stereocenters. The van der Waals surface area contributed by atoms with Crippen LogP contribution in [0.5, 0.6) is 5.75 Å². The molecule has 52 heavy (non-hydrogen) atoms. The van der Waals surface area contributed by atoms with E-state index in [1.54, 1.807) is 12.1 Å². The van der Waals surface area contributed by atoms with Gasteiger partial charge in [0.15, 0.2) is 11.7 Å². The molecule has 1 aliphatic heterocycles. The zero-order chi connectivity index (χ0) is 37.0. The van der Waals surface area contributed by atoms with E-state index in [2.05, 4.69) is 50.4 Å². The minimum Gasteiger partial charge on any atom is -0.871 e. The van der Waals surface area contributed by atoms with Crippen LogP contribution in [-0.4, -0.2) is 71.5 Å². The Morgan fingerprint density at radius 1 is 0.981 bits per heavy atom. The summed E-state index contributed by atoms with van der Waals surface area (Å²) < 4.78 is 6.64. The maximum atomic E-state index is 12.9. The van der Waals surface area contributed by atoms with Crippen molar-refractivity contribution in [2.45, 2.75) is 95.5 Å². The SMILES string of the molecule is CCc1cc2c(cc1CC)CC(NCC(O)c1ccc([O-])c3[nH]c(=O)ccc13)C2.C[N+]1(C)CCC(OC(=O)C(O)(c2ccccc2)C2CCCC2)C1. The largest absolute Gasteiger partial charge is 0.871 e. The van der Waals surface area contributed by atoms with E-state index in [1.807, 2.05) is 30.3 Å². The standard InChI is InChI=1S/C24H28N2O3.C19H28NO3/c1-3-14-9-16-11-18(12-17(16)10-15(14)4-2)25-13-22(28)19-5-7-21(27)24-20(19)6-8-23(29)26-24;1-20(2)13-12-17(14-20)23-18(21)19(22,16-10-6-7-11-16)15-8-4-3-5-9-15/h5-10,18,22,25,27-28H,3-4,11-13H2,1-2H3,(H,26,29);3-5,8-9,16-17,22H,6-7,10-14H2,1-2H3/q;+1/p-1. The van der Waals surface area contributed by atoms with Gasteiger partial charge in [-0.2, -0.15) is 0 Å². The molecule has 1 saturated heterocycles. The molecular formula is C43H55N3O6. The number of aromatic amines is 1. The smallest absolute Gasteiger partial charge is 0.343 e. The van der Waals surface area contributed by atoms with Gasteiger partial charge in [0.25, 0.3) is 0 Å². The Labute approximate surface area is 307 Å². The summed E-state index contributed by atoms with van der Waals surface area (Å²) in [6, 6.07) is 20.4. The predicted octanol–water partition coefficient (Wildman–Crippen LogP) is 4.97. The van der Waals surface area contributed by atoms with E-state index in [0.29, 0.717) is 29.1 Å². The summed E-state index contributed by atoms with van der Waals surface area (Å²) in [5, 5.41) is 38.3. The number of likely N-dealkylation sites (tertiary alicyclic amines) is 1. The molecule has 9 heteroatoms. The Morgan fingerprint density at radius 2 is 1.63 bits per heavy atom. The molecule has 1 saturated carbocycles. The molecule has 0 spiro atoms. The minimum absolute atomic E-state index is 0.0405. The molecule has 0 radical (unpaired) electrons. The van der Waals surface area contributed by atoms with E-state index < -0.39 is 17.7 Å². The first-order valence-corrected chi connectivity index (χ1v) is 19.1. The number of esters is 1. The molecule has 4 N–H and O–H groups in total. The molecule has 278 valence electrons. The van der Waals surface area contributed by atoms with Crippen LogP contribution in [0.2, 0.25) is 0 Å². The Morgan fingerprint density at radius 3 is 2.23 bits per heavy atom. The lowest BCUT2D eigenvalue weighted by Gasteiger charge is -2.33. The lowest BCUT2D eigenvalue weighted by molar-refractivity contribution is -0.879. The second-order valence-electron chi connectivity index (χ2n) is 15.7. The first-order valence-electron chi connectivity index (χ1n) is 19.1. The summed E-state index contributed by atoms with van der Waals surface area (Å²) in [6.45, 7) is 6.62. The number of aryl methyl sites for hydroxylation is 2. The summed E-state index contributed by atoms with van der Waals surface area (Å²) in [6.07, 6.45) is 7.96. The molecule has 2 aliphatic carbocycles.